The second kappa shape index (κ2) is 8.54. The van der Waals surface area contributed by atoms with Gasteiger partial charge in [0.05, 0.1) is 18.1 Å². The topological polar surface area (TPSA) is 47.4 Å². The Morgan fingerprint density at radius 3 is 2.44 bits per heavy atom. The molecule has 2 aromatic carbocycles. The maximum absolute atomic E-state index is 12.7. The molecule has 3 rings (SSSR count). The van der Waals surface area contributed by atoms with Crippen LogP contribution in [0.1, 0.15) is 25.2 Å². The lowest BCUT2D eigenvalue weighted by molar-refractivity contribution is -0.131. The van der Waals surface area contributed by atoms with E-state index in [1.807, 2.05) is 84.0 Å². The van der Waals surface area contributed by atoms with Crippen LogP contribution in [0.15, 0.2) is 48.5 Å². The molecule has 0 aliphatic carbocycles. The summed E-state index contributed by atoms with van der Waals surface area (Å²) in [6.45, 7) is 5.69. The summed E-state index contributed by atoms with van der Waals surface area (Å²) >= 11 is 0. The Morgan fingerprint density at radius 1 is 1.07 bits per heavy atom. The predicted octanol–water partition coefficient (Wildman–Crippen LogP) is 4.08. The van der Waals surface area contributed by atoms with Crippen LogP contribution in [-0.2, 0) is 11.3 Å². The summed E-state index contributed by atoms with van der Waals surface area (Å²) in [5.74, 6) is 1.69. The summed E-state index contributed by atoms with van der Waals surface area (Å²) in [6, 6.07) is 15.7. The fraction of sp³-hybridized carbons (Fsp3) is 0.273. The number of imidazole rings is 1. The average Bonchev–Trinajstić information content (AvgIpc) is 3.05. The molecule has 1 heterocycles. The highest BCUT2D eigenvalue weighted by atomic mass is 16.5. The van der Waals surface area contributed by atoms with Crippen LogP contribution in [-0.4, -0.2) is 40.6 Å². The minimum absolute atomic E-state index is 0.0993. The number of carbonyl (C=O) groups is 1. The number of methoxy groups -OCH3 is 1. The third kappa shape index (κ3) is 4.19. The zero-order valence-electron chi connectivity index (χ0n) is 16.1. The molecule has 5 heteroatoms. The van der Waals surface area contributed by atoms with E-state index in [2.05, 4.69) is 0 Å². The fourth-order valence-corrected chi connectivity index (χ4v) is 3.08. The molecule has 1 amide bonds. The first-order chi connectivity index (χ1) is 13.2. The summed E-state index contributed by atoms with van der Waals surface area (Å²) in [4.78, 5) is 19.2. The van der Waals surface area contributed by atoms with Crippen molar-refractivity contribution in [1.29, 1.82) is 0 Å². The van der Waals surface area contributed by atoms with E-state index in [1.54, 1.807) is 7.11 Å². The molecule has 0 aliphatic rings. The van der Waals surface area contributed by atoms with Gasteiger partial charge in [-0.05, 0) is 49.8 Å². The zero-order valence-corrected chi connectivity index (χ0v) is 16.1. The molecule has 0 unspecified atom stereocenters. The number of likely N-dealkylation sites (N-methyl/N-ethyl adjacent to an activating group) is 1. The molecule has 1 aromatic heterocycles. The number of para-hydroxylation sites is 2. The van der Waals surface area contributed by atoms with E-state index in [9.17, 15) is 4.79 Å². The lowest BCUT2D eigenvalue weighted by atomic mass is 10.2. The van der Waals surface area contributed by atoms with Crippen molar-refractivity contribution in [2.24, 2.45) is 0 Å². The van der Waals surface area contributed by atoms with E-state index in [0.717, 1.165) is 28.2 Å². The zero-order chi connectivity index (χ0) is 19.2. The Hall–Kier alpha value is -3.08. The number of benzene rings is 2. The molecule has 0 bridgehead atoms. The van der Waals surface area contributed by atoms with E-state index < -0.39 is 0 Å². The molecule has 0 saturated carbocycles. The lowest BCUT2D eigenvalue weighted by Crippen LogP contribution is -2.33. The Labute approximate surface area is 159 Å². The van der Waals surface area contributed by atoms with Crippen LogP contribution < -0.4 is 4.74 Å². The number of fused-ring (bicyclic) bond motifs is 1. The highest BCUT2D eigenvalue weighted by molar-refractivity contribution is 5.83. The first-order valence-electron chi connectivity index (χ1n) is 9.21. The van der Waals surface area contributed by atoms with Crippen LogP contribution in [0.4, 0.5) is 0 Å². The van der Waals surface area contributed by atoms with E-state index in [4.69, 9.17) is 9.72 Å². The van der Waals surface area contributed by atoms with Crippen molar-refractivity contribution in [2.75, 3.05) is 20.2 Å². The molecule has 0 saturated heterocycles. The van der Waals surface area contributed by atoms with Gasteiger partial charge in [0.15, 0.2) is 0 Å². The number of rotatable bonds is 7. The van der Waals surface area contributed by atoms with Crippen molar-refractivity contribution < 1.29 is 9.53 Å². The van der Waals surface area contributed by atoms with Crippen molar-refractivity contribution >= 4 is 29.1 Å². The van der Waals surface area contributed by atoms with Gasteiger partial charge >= 0.3 is 0 Å². The van der Waals surface area contributed by atoms with Crippen molar-refractivity contribution in [1.82, 2.24) is 14.5 Å². The Balaban J connectivity index is 1.94. The van der Waals surface area contributed by atoms with Gasteiger partial charge in [0.1, 0.15) is 18.1 Å². The van der Waals surface area contributed by atoms with Crippen LogP contribution in [0.5, 0.6) is 5.75 Å². The SMILES string of the molecule is CCN(CC)C(=O)Cn1c(/C=C/c2ccc(OC)cc2)nc2ccccc21. The molecule has 0 N–H and O–H groups in total. The normalized spacial score (nSPS) is 11.2. The number of carbonyl (C=O) groups excluding carboxylic acids is 1. The second-order valence-electron chi connectivity index (χ2n) is 6.22. The number of hydrogen-bond acceptors (Lipinski definition) is 3. The molecular formula is C22H25N3O2. The Bertz CT molecular complexity index is 938. The van der Waals surface area contributed by atoms with Crippen LogP contribution in [0, 0.1) is 0 Å². The van der Waals surface area contributed by atoms with Gasteiger partial charge in [0.2, 0.25) is 5.91 Å². The number of aromatic nitrogens is 2. The Morgan fingerprint density at radius 2 is 1.78 bits per heavy atom. The summed E-state index contributed by atoms with van der Waals surface area (Å²) in [7, 11) is 1.65. The van der Waals surface area contributed by atoms with Crippen molar-refractivity contribution in [3.8, 4) is 5.75 Å². The van der Waals surface area contributed by atoms with Crippen LogP contribution in [0.3, 0.4) is 0 Å². The second-order valence-corrected chi connectivity index (χ2v) is 6.22. The number of ether oxygens (including phenoxy) is 1. The van der Waals surface area contributed by atoms with E-state index in [-0.39, 0.29) is 12.5 Å². The van der Waals surface area contributed by atoms with Gasteiger partial charge in [-0.3, -0.25) is 4.79 Å². The molecule has 5 nitrogen and oxygen atoms in total. The summed E-state index contributed by atoms with van der Waals surface area (Å²) < 4.78 is 7.18. The van der Waals surface area contributed by atoms with Crippen molar-refractivity contribution in [3.63, 3.8) is 0 Å². The maximum atomic E-state index is 12.7. The van der Waals surface area contributed by atoms with E-state index in [1.165, 1.54) is 0 Å². The molecule has 0 radical (unpaired) electrons. The lowest BCUT2D eigenvalue weighted by Gasteiger charge is -2.19. The average molecular weight is 363 g/mol. The Kier molecular flexibility index (Phi) is 5.91. The summed E-state index contributed by atoms with van der Waals surface area (Å²) in [5.41, 5.74) is 2.90. The van der Waals surface area contributed by atoms with Gasteiger partial charge in [-0.2, -0.15) is 0 Å². The highest BCUT2D eigenvalue weighted by Gasteiger charge is 2.15. The molecule has 0 spiro atoms. The highest BCUT2D eigenvalue weighted by Crippen LogP contribution is 2.19. The van der Waals surface area contributed by atoms with Gasteiger partial charge in [-0.25, -0.2) is 4.98 Å². The number of hydrogen-bond donors (Lipinski definition) is 0. The van der Waals surface area contributed by atoms with Gasteiger partial charge in [-0.1, -0.05) is 30.3 Å². The van der Waals surface area contributed by atoms with Crippen LogP contribution in [0.2, 0.25) is 0 Å². The number of nitrogens with zero attached hydrogens (tertiary/aromatic N) is 3. The van der Waals surface area contributed by atoms with Crippen LogP contribution in [0.25, 0.3) is 23.2 Å². The maximum Gasteiger partial charge on any atom is 0.242 e. The van der Waals surface area contributed by atoms with Gasteiger partial charge in [0.25, 0.3) is 0 Å². The molecule has 0 aliphatic heterocycles. The first kappa shape index (κ1) is 18.7. The molecule has 27 heavy (non-hydrogen) atoms. The quantitative estimate of drug-likeness (QED) is 0.635. The largest absolute Gasteiger partial charge is 0.497 e. The molecular weight excluding hydrogens is 338 g/mol. The monoisotopic (exact) mass is 363 g/mol. The minimum atomic E-state index is 0.0993. The van der Waals surface area contributed by atoms with Crippen LogP contribution >= 0.6 is 0 Å². The molecule has 3 aromatic rings. The predicted molar refractivity (Wildman–Crippen MR) is 110 cm³/mol. The van der Waals surface area contributed by atoms with Gasteiger partial charge in [0, 0.05) is 13.1 Å². The third-order valence-electron chi connectivity index (χ3n) is 4.63. The van der Waals surface area contributed by atoms with E-state index >= 15 is 0 Å². The fourth-order valence-electron chi connectivity index (χ4n) is 3.08. The van der Waals surface area contributed by atoms with Crippen molar-refractivity contribution in [2.45, 2.75) is 20.4 Å². The standard InChI is InChI=1S/C22H25N3O2/c1-4-24(5-2)22(26)16-25-20-9-7-6-8-19(20)23-21(25)15-12-17-10-13-18(27-3)14-11-17/h6-15H,4-5,16H2,1-3H3/b15-12+. The molecule has 140 valence electrons. The molecule has 0 fully saturated rings. The minimum Gasteiger partial charge on any atom is -0.497 e. The molecule has 0 atom stereocenters. The summed E-state index contributed by atoms with van der Waals surface area (Å²) in [5, 5.41) is 0. The number of amides is 1. The first-order valence-corrected chi connectivity index (χ1v) is 9.21. The van der Waals surface area contributed by atoms with Crippen molar-refractivity contribution in [3.05, 3.63) is 59.9 Å². The van der Waals surface area contributed by atoms with Gasteiger partial charge in [-0.15, -0.1) is 0 Å². The van der Waals surface area contributed by atoms with Gasteiger partial charge < -0.3 is 14.2 Å². The van der Waals surface area contributed by atoms with E-state index in [0.29, 0.717) is 13.1 Å². The summed E-state index contributed by atoms with van der Waals surface area (Å²) in [6.07, 6.45) is 3.95. The smallest absolute Gasteiger partial charge is 0.242 e. The third-order valence-corrected chi connectivity index (χ3v) is 4.63.